The molecule has 0 saturated carbocycles. The molecule has 2 nitrogen and oxygen atoms in total. The van der Waals surface area contributed by atoms with Crippen molar-refractivity contribution in [1.82, 2.24) is 4.98 Å². The molecule has 0 aliphatic rings. The number of nitrogens with zero attached hydrogens (tertiary/aromatic N) is 1. The number of halogens is 2. The molecule has 4 heteroatoms. The Labute approximate surface area is 117 Å². The van der Waals surface area contributed by atoms with Crippen LogP contribution in [0.3, 0.4) is 0 Å². The van der Waals surface area contributed by atoms with Gasteiger partial charge >= 0.3 is 0 Å². The van der Waals surface area contributed by atoms with Crippen molar-refractivity contribution in [2.45, 2.75) is 19.9 Å². The SMILES string of the molecule is Cc1cnc(Cl)c(NC(C)c2ccccc2Cl)c1. The van der Waals surface area contributed by atoms with Crippen LogP contribution in [0.25, 0.3) is 0 Å². The van der Waals surface area contributed by atoms with Gasteiger partial charge < -0.3 is 5.32 Å². The summed E-state index contributed by atoms with van der Waals surface area (Å²) in [5, 5.41) is 4.55. The van der Waals surface area contributed by atoms with Gasteiger partial charge in [-0.1, -0.05) is 41.4 Å². The van der Waals surface area contributed by atoms with Crippen LogP contribution in [0, 0.1) is 6.92 Å². The predicted molar refractivity (Wildman–Crippen MR) is 77.5 cm³/mol. The van der Waals surface area contributed by atoms with Crippen LogP contribution in [0.15, 0.2) is 36.5 Å². The van der Waals surface area contributed by atoms with Crippen molar-refractivity contribution < 1.29 is 0 Å². The summed E-state index contributed by atoms with van der Waals surface area (Å²) in [5.41, 5.74) is 2.93. The van der Waals surface area contributed by atoms with Crippen molar-refractivity contribution in [2.75, 3.05) is 5.32 Å². The number of rotatable bonds is 3. The quantitative estimate of drug-likeness (QED) is 0.812. The van der Waals surface area contributed by atoms with Gasteiger partial charge in [0.05, 0.1) is 11.7 Å². The van der Waals surface area contributed by atoms with Crippen molar-refractivity contribution in [3.63, 3.8) is 0 Å². The number of hydrogen-bond acceptors (Lipinski definition) is 2. The van der Waals surface area contributed by atoms with Crippen LogP contribution in [-0.2, 0) is 0 Å². The maximum Gasteiger partial charge on any atom is 0.152 e. The van der Waals surface area contributed by atoms with Gasteiger partial charge in [-0.25, -0.2) is 4.98 Å². The van der Waals surface area contributed by atoms with E-state index in [-0.39, 0.29) is 6.04 Å². The summed E-state index contributed by atoms with van der Waals surface area (Å²) in [6.45, 7) is 4.02. The molecule has 0 radical (unpaired) electrons. The Bertz CT molecular complexity index is 555. The van der Waals surface area contributed by atoms with E-state index in [2.05, 4.69) is 10.3 Å². The second kappa shape index (κ2) is 5.59. The topological polar surface area (TPSA) is 24.9 Å². The van der Waals surface area contributed by atoms with E-state index in [0.29, 0.717) is 5.15 Å². The summed E-state index contributed by atoms with van der Waals surface area (Å²) in [5.74, 6) is 0. The van der Waals surface area contributed by atoms with Crippen LogP contribution in [0.2, 0.25) is 10.2 Å². The van der Waals surface area contributed by atoms with Gasteiger partial charge in [-0.05, 0) is 37.1 Å². The zero-order valence-electron chi connectivity index (χ0n) is 10.2. The summed E-state index contributed by atoms with van der Waals surface area (Å²) in [7, 11) is 0. The molecule has 0 amide bonds. The highest BCUT2D eigenvalue weighted by atomic mass is 35.5. The van der Waals surface area contributed by atoms with E-state index >= 15 is 0 Å². The Morgan fingerprint density at radius 1 is 1.22 bits per heavy atom. The Hall–Kier alpha value is -1.25. The van der Waals surface area contributed by atoms with Crippen molar-refractivity contribution in [3.8, 4) is 0 Å². The third-order valence-corrected chi connectivity index (χ3v) is 3.36. The Morgan fingerprint density at radius 2 is 1.94 bits per heavy atom. The first-order valence-electron chi connectivity index (χ1n) is 5.71. The van der Waals surface area contributed by atoms with Gasteiger partial charge in [0, 0.05) is 11.2 Å². The zero-order chi connectivity index (χ0) is 13.1. The van der Waals surface area contributed by atoms with E-state index in [1.54, 1.807) is 6.20 Å². The molecule has 2 rings (SSSR count). The largest absolute Gasteiger partial charge is 0.376 e. The number of hydrogen-bond donors (Lipinski definition) is 1. The van der Waals surface area contributed by atoms with Gasteiger partial charge in [0.2, 0.25) is 0 Å². The van der Waals surface area contributed by atoms with Crippen LogP contribution in [0.1, 0.15) is 24.1 Å². The van der Waals surface area contributed by atoms with Crippen LogP contribution in [-0.4, -0.2) is 4.98 Å². The van der Waals surface area contributed by atoms with Crippen LogP contribution >= 0.6 is 23.2 Å². The van der Waals surface area contributed by atoms with E-state index < -0.39 is 0 Å². The Balaban J connectivity index is 2.24. The lowest BCUT2D eigenvalue weighted by Gasteiger charge is -2.17. The predicted octanol–water partition coefficient (Wildman–Crippen LogP) is 4.87. The van der Waals surface area contributed by atoms with Gasteiger partial charge in [0.1, 0.15) is 0 Å². The molecule has 1 aromatic heterocycles. The van der Waals surface area contributed by atoms with Crippen molar-refractivity contribution in [2.24, 2.45) is 0 Å². The molecule has 1 heterocycles. The summed E-state index contributed by atoms with van der Waals surface area (Å²) in [6.07, 6.45) is 1.74. The minimum absolute atomic E-state index is 0.0693. The monoisotopic (exact) mass is 280 g/mol. The first-order valence-corrected chi connectivity index (χ1v) is 6.46. The normalized spacial score (nSPS) is 12.2. The molecule has 0 aliphatic carbocycles. The fourth-order valence-corrected chi connectivity index (χ4v) is 2.25. The zero-order valence-corrected chi connectivity index (χ0v) is 11.8. The van der Waals surface area contributed by atoms with E-state index in [4.69, 9.17) is 23.2 Å². The summed E-state index contributed by atoms with van der Waals surface area (Å²) < 4.78 is 0. The minimum atomic E-state index is 0.0693. The molecule has 0 fully saturated rings. The van der Waals surface area contributed by atoms with Gasteiger partial charge in [0.25, 0.3) is 0 Å². The molecule has 0 aliphatic heterocycles. The van der Waals surface area contributed by atoms with Crippen LogP contribution in [0.5, 0.6) is 0 Å². The van der Waals surface area contributed by atoms with Gasteiger partial charge in [0.15, 0.2) is 5.15 Å². The maximum atomic E-state index is 6.17. The molecule has 94 valence electrons. The fraction of sp³-hybridized carbons (Fsp3) is 0.214. The number of anilines is 1. The molecule has 0 saturated heterocycles. The number of benzene rings is 1. The second-order valence-corrected chi connectivity index (χ2v) is 5.00. The number of aromatic nitrogens is 1. The summed E-state index contributed by atoms with van der Waals surface area (Å²) in [4.78, 5) is 4.12. The standard InChI is InChI=1S/C14H14Cl2N2/c1-9-7-13(14(16)17-8-9)18-10(2)11-5-3-4-6-12(11)15/h3-8,10,18H,1-2H3. The van der Waals surface area contributed by atoms with Gasteiger partial charge in [-0.2, -0.15) is 0 Å². The summed E-state index contributed by atoms with van der Waals surface area (Å²) in [6, 6.07) is 9.81. The molecule has 1 unspecified atom stereocenters. The average Bonchev–Trinajstić information content (AvgIpc) is 2.34. The number of aryl methyl sites for hydroxylation is 1. The Morgan fingerprint density at radius 3 is 2.67 bits per heavy atom. The van der Waals surface area contributed by atoms with Crippen LogP contribution < -0.4 is 5.32 Å². The fourth-order valence-electron chi connectivity index (χ4n) is 1.79. The average molecular weight is 281 g/mol. The molecule has 1 atom stereocenters. The molecule has 2 aromatic rings. The second-order valence-electron chi connectivity index (χ2n) is 4.24. The molecule has 0 bridgehead atoms. The van der Waals surface area contributed by atoms with Crippen molar-refractivity contribution >= 4 is 28.9 Å². The molecule has 0 spiro atoms. The lowest BCUT2D eigenvalue weighted by atomic mass is 10.1. The molecule has 18 heavy (non-hydrogen) atoms. The lowest BCUT2D eigenvalue weighted by molar-refractivity contribution is 0.882. The molecule has 1 aromatic carbocycles. The molecular weight excluding hydrogens is 267 g/mol. The highest BCUT2D eigenvalue weighted by molar-refractivity contribution is 6.32. The van der Waals surface area contributed by atoms with Crippen LogP contribution in [0.4, 0.5) is 5.69 Å². The number of pyridine rings is 1. The van der Waals surface area contributed by atoms with E-state index in [1.807, 2.05) is 44.2 Å². The highest BCUT2D eigenvalue weighted by Crippen LogP contribution is 2.28. The minimum Gasteiger partial charge on any atom is -0.376 e. The third-order valence-electron chi connectivity index (χ3n) is 2.72. The highest BCUT2D eigenvalue weighted by Gasteiger charge is 2.11. The van der Waals surface area contributed by atoms with E-state index in [9.17, 15) is 0 Å². The van der Waals surface area contributed by atoms with E-state index in [1.165, 1.54) is 0 Å². The first-order chi connectivity index (χ1) is 8.58. The van der Waals surface area contributed by atoms with E-state index in [0.717, 1.165) is 21.8 Å². The maximum absolute atomic E-state index is 6.17. The number of nitrogens with one attached hydrogen (secondary N) is 1. The van der Waals surface area contributed by atoms with Gasteiger partial charge in [-0.15, -0.1) is 0 Å². The molecule has 1 N–H and O–H groups in total. The van der Waals surface area contributed by atoms with Gasteiger partial charge in [-0.3, -0.25) is 0 Å². The molecular formula is C14H14Cl2N2. The Kier molecular flexibility index (Phi) is 4.10. The third kappa shape index (κ3) is 2.95. The van der Waals surface area contributed by atoms with Crippen molar-refractivity contribution in [1.29, 1.82) is 0 Å². The first kappa shape index (κ1) is 13.2. The summed E-state index contributed by atoms with van der Waals surface area (Å²) >= 11 is 12.2. The van der Waals surface area contributed by atoms with Crippen molar-refractivity contribution in [3.05, 3.63) is 57.8 Å². The smallest absolute Gasteiger partial charge is 0.152 e. The lowest BCUT2D eigenvalue weighted by Crippen LogP contribution is -2.08.